The van der Waals surface area contributed by atoms with E-state index >= 15 is 0 Å². The van der Waals surface area contributed by atoms with E-state index in [4.69, 9.17) is 4.74 Å². The summed E-state index contributed by atoms with van der Waals surface area (Å²) in [5.41, 5.74) is 0.126. The molecule has 2 aliphatic heterocycles. The topological polar surface area (TPSA) is 41.6 Å². The number of piperazine rings is 1. The van der Waals surface area contributed by atoms with Gasteiger partial charge in [-0.2, -0.15) is 0 Å². The number of nitrogens with one attached hydrogen (secondary N) is 1. The van der Waals surface area contributed by atoms with Crippen molar-refractivity contribution < 1.29 is 13.9 Å². The maximum Gasteiger partial charge on any atom is 0.233 e. The fraction of sp³-hybridized carbons (Fsp3) is 0.611. The Morgan fingerprint density at radius 1 is 1.26 bits per heavy atom. The van der Waals surface area contributed by atoms with Gasteiger partial charge in [0.2, 0.25) is 5.91 Å². The molecule has 3 rings (SSSR count). The highest BCUT2D eigenvalue weighted by Crippen LogP contribution is 2.37. The Labute approximate surface area is 137 Å². The molecule has 0 unspecified atom stereocenters. The molecule has 0 radical (unpaired) electrons. The van der Waals surface area contributed by atoms with E-state index in [0.717, 1.165) is 5.56 Å². The van der Waals surface area contributed by atoms with E-state index in [1.54, 1.807) is 6.07 Å². The van der Waals surface area contributed by atoms with E-state index in [0.29, 0.717) is 39.1 Å². The van der Waals surface area contributed by atoms with Gasteiger partial charge in [-0.1, -0.05) is 12.1 Å². The third kappa shape index (κ3) is 3.26. The number of hydrogen-bond acceptors (Lipinski definition) is 3. The molecular weight excluding hydrogens is 295 g/mol. The summed E-state index contributed by atoms with van der Waals surface area (Å²) in [6.45, 7) is 6.66. The first kappa shape index (κ1) is 16.4. The van der Waals surface area contributed by atoms with Crippen LogP contribution in [0.1, 0.15) is 32.3 Å². The number of carbonyl (C=O) groups is 1. The van der Waals surface area contributed by atoms with Crippen LogP contribution in [0.3, 0.4) is 0 Å². The largest absolute Gasteiger partial charge is 0.381 e. The molecule has 2 heterocycles. The highest BCUT2D eigenvalue weighted by Gasteiger charge is 2.45. The molecule has 1 N–H and O–H groups in total. The Bertz CT molecular complexity index is 562. The lowest BCUT2D eigenvalue weighted by Gasteiger charge is -2.44. The van der Waals surface area contributed by atoms with Crippen LogP contribution in [0.4, 0.5) is 4.39 Å². The SMILES string of the molecule is C[C@@H]1CN(C(=O)C2(c3cccc(F)c3)CCOCC2)C[C@@H](C)N1. The average Bonchev–Trinajstić information content (AvgIpc) is 2.54. The number of benzene rings is 1. The lowest BCUT2D eigenvalue weighted by atomic mass is 9.72. The Hall–Kier alpha value is -1.46. The molecule has 0 saturated carbocycles. The molecule has 4 nitrogen and oxygen atoms in total. The van der Waals surface area contributed by atoms with Gasteiger partial charge in [-0.15, -0.1) is 0 Å². The van der Waals surface area contributed by atoms with Gasteiger partial charge in [0, 0.05) is 38.4 Å². The minimum absolute atomic E-state index is 0.117. The minimum atomic E-state index is -0.656. The predicted octanol–water partition coefficient (Wildman–Crippen LogP) is 2.08. The summed E-state index contributed by atoms with van der Waals surface area (Å²) >= 11 is 0. The third-order valence-electron chi connectivity index (χ3n) is 4.98. The molecule has 1 aromatic rings. The zero-order valence-electron chi connectivity index (χ0n) is 13.8. The van der Waals surface area contributed by atoms with Crippen LogP contribution >= 0.6 is 0 Å². The van der Waals surface area contributed by atoms with Gasteiger partial charge in [0.1, 0.15) is 5.82 Å². The Balaban J connectivity index is 1.94. The van der Waals surface area contributed by atoms with Crippen LogP contribution in [0.15, 0.2) is 24.3 Å². The fourth-order valence-corrected chi connectivity index (χ4v) is 3.93. The van der Waals surface area contributed by atoms with Gasteiger partial charge < -0.3 is 15.0 Å². The maximum absolute atomic E-state index is 13.8. The molecule has 0 spiro atoms. The molecule has 0 aliphatic carbocycles. The summed E-state index contributed by atoms with van der Waals surface area (Å²) in [5, 5.41) is 3.45. The summed E-state index contributed by atoms with van der Waals surface area (Å²) in [6, 6.07) is 7.05. The zero-order chi connectivity index (χ0) is 16.4. The molecule has 2 atom stereocenters. The normalized spacial score (nSPS) is 27.7. The van der Waals surface area contributed by atoms with Crippen molar-refractivity contribution in [2.75, 3.05) is 26.3 Å². The highest BCUT2D eigenvalue weighted by molar-refractivity contribution is 5.88. The standard InChI is InChI=1S/C18H25FN2O2/c1-13-11-21(12-14(2)20-13)17(22)18(6-8-23-9-7-18)15-4-3-5-16(19)10-15/h3-5,10,13-14,20H,6-9,11-12H2,1-2H3/t13-,14-/m1/s1. The molecule has 126 valence electrons. The second kappa shape index (κ2) is 6.57. The molecule has 1 aromatic carbocycles. The minimum Gasteiger partial charge on any atom is -0.381 e. The third-order valence-corrected chi connectivity index (χ3v) is 4.98. The summed E-state index contributed by atoms with van der Waals surface area (Å²) in [7, 11) is 0. The number of nitrogens with zero attached hydrogens (tertiary/aromatic N) is 1. The number of amides is 1. The predicted molar refractivity (Wildman–Crippen MR) is 86.8 cm³/mol. The van der Waals surface area contributed by atoms with Gasteiger partial charge in [0.05, 0.1) is 5.41 Å². The van der Waals surface area contributed by atoms with Crippen LogP contribution in [0.5, 0.6) is 0 Å². The summed E-state index contributed by atoms with van der Waals surface area (Å²) in [5.74, 6) is -0.171. The quantitative estimate of drug-likeness (QED) is 0.907. The van der Waals surface area contributed by atoms with Crippen LogP contribution in [0.25, 0.3) is 0 Å². The molecule has 0 bridgehead atoms. The van der Waals surface area contributed by atoms with Crippen LogP contribution < -0.4 is 5.32 Å². The monoisotopic (exact) mass is 320 g/mol. The van der Waals surface area contributed by atoms with Crippen molar-refractivity contribution in [1.82, 2.24) is 10.2 Å². The molecule has 2 saturated heterocycles. The Morgan fingerprint density at radius 2 is 1.91 bits per heavy atom. The second-order valence-electron chi connectivity index (χ2n) is 6.88. The van der Waals surface area contributed by atoms with E-state index in [-0.39, 0.29) is 23.8 Å². The number of rotatable bonds is 2. The van der Waals surface area contributed by atoms with E-state index in [1.165, 1.54) is 12.1 Å². The highest BCUT2D eigenvalue weighted by atomic mass is 19.1. The van der Waals surface area contributed by atoms with Crippen LogP contribution in [0.2, 0.25) is 0 Å². The fourth-order valence-electron chi connectivity index (χ4n) is 3.93. The molecule has 0 aromatic heterocycles. The first-order chi connectivity index (χ1) is 11.0. The lowest BCUT2D eigenvalue weighted by Crippen LogP contribution is -2.60. The molecule has 1 amide bonds. The number of hydrogen-bond donors (Lipinski definition) is 1. The maximum atomic E-state index is 13.8. The van der Waals surface area contributed by atoms with E-state index in [9.17, 15) is 9.18 Å². The van der Waals surface area contributed by atoms with Crippen LogP contribution in [-0.2, 0) is 14.9 Å². The smallest absolute Gasteiger partial charge is 0.233 e. The number of ether oxygens (including phenoxy) is 1. The molecule has 2 aliphatic rings. The Morgan fingerprint density at radius 3 is 2.52 bits per heavy atom. The van der Waals surface area contributed by atoms with Crippen molar-refractivity contribution >= 4 is 5.91 Å². The summed E-state index contributed by atoms with van der Waals surface area (Å²) in [6.07, 6.45) is 1.23. The van der Waals surface area contributed by atoms with Gasteiger partial charge in [-0.05, 0) is 44.4 Å². The molecule has 23 heavy (non-hydrogen) atoms. The average molecular weight is 320 g/mol. The van der Waals surface area contributed by atoms with Gasteiger partial charge in [0.25, 0.3) is 0 Å². The van der Waals surface area contributed by atoms with Crippen molar-refractivity contribution in [1.29, 1.82) is 0 Å². The Kier molecular flexibility index (Phi) is 4.69. The van der Waals surface area contributed by atoms with Crippen molar-refractivity contribution in [3.05, 3.63) is 35.6 Å². The lowest BCUT2D eigenvalue weighted by molar-refractivity contribution is -0.143. The van der Waals surface area contributed by atoms with Crippen molar-refractivity contribution in [2.45, 2.75) is 44.2 Å². The molecule has 2 fully saturated rings. The van der Waals surface area contributed by atoms with Crippen LogP contribution in [0, 0.1) is 5.82 Å². The number of carbonyl (C=O) groups excluding carboxylic acids is 1. The first-order valence-corrected chi connectivity index (χ1v) is 8.40. The van der Waals surface area contributed by atoms with Crippen molar-refractivity contribution in [3.8, 4) is 0 Å². The second-order valence-corrected chi connectivity index (χ2v) is 6.88. The van der Waals surface area contributed by atoms with E-state index < -0.39 is 5.41 Å². The van der Waals surface area contributed by atoms with Crippen molar-refractivity contribution in [3.63, 3.8) is 0 Å². The van der Waals surface area contributed by atoms with Gasteiger partial charge in [-0.25, -0.2) is 4.39 Å². The molecular formula is C18H25FN2O2. The van der Waals surface area contributed by atoms with E-state index in [2.05, 4.69) is 19.2 Å². The van der Waals surface area contributed by atoms with Gasteiger partial charge in [-0.3, -0.25) is 4.79 Å². The number of halogens is 1. The van der Waals surface area contributed by atoms with Gasteiger partial charge >= 0.3 is 0 Å². The zero-order valence-corrected chi connectivity index (χ0v) is 13.8. The van der Waals surface area contributed by atoms with E-state index in [1.807, 2.05) is 11.0 Å². The summed E-state index contributed by atoms with van der Waals surface area (Å²) < 4.78 is 19.2. The molecule has 5 heteroatoms. The van der Waals surface area contributed by atoms with Crippen LogP contribution in [-0.4, -0.2) is 49.2 Å². The summed E-state index contributed by atoms with van der Waals surface area (Å²) in [4.78, 5) is 15.3. The van der Waals surface area contributed by atoms with Crippen molar-refractivity contribution in [2.24, 2.45) is 0 Å². The first-order valence-electron chi connectivity index (χ1n) is 8.40. The van der Waals surface area contributed by atoms with Gasteiger partial charge in [0.15, 0.2) is 0 Å².